The molecule has 0 amide bonds. The van der Waals surface area contributed by atoms with Crippen LogP contribution in [-0.4, -0.2) is 41.0 Å². The number of benzene rings is 3. The molecule has 3 aromatic rings. The van der Waals surface area contributed by atoms with Crippen molar-refractivity contribution >= 4 is 17.6 Å². The molecule has 5 nitrogen and oxygen atoms in total. The summed E-state index contributed by atoms with van der Waals surface area (Å²) in [4.78, 5) is 11.4. The molecule has 0 aromatic heterocycles. The molecule has 0 aliphatic rings. The Kier molecular flexibility index (Phi) is 9.25. The quantitative estimate of drug-likeness (QED) is 0.284. The summed E-state index contributed by atoms with van der Waals surface area (Å²) in [6.45, 7) is 7.97. The van der Waals surface area contributed by atoms with E-state index >= 15 is 0 Å². The monoisotopic (exact) mass is 513 g/mol. The van der Waals surface area contributed by atoms with Crippen molar-refractivity contribution in [3.63, 3.8) is 0 Å². The maximum absolute atomic E-state index is 14.3. The Morgan fingerprint density at radius 3 is 2.56 bits per heavy atom. The first-order valence-electron chi connectivity index (χ1n) is 11.9. The van der Waals surface area contributed by atoms with Crippen LogP contribution in [0.4, 0.5) is 4.39 Å². The molecule has 3 aromatic carbocycles. The van der Waals surface area contributed by atoms with Gasteiger partial charge < -0.3 is 20.3 Å². The van der Waals surface area contributed by atoms with E-state index in [1.807, 2.05) is 51.1 Å². The highest BCUT2D eigenvalue weighted by Gasteiger charge is 2.22. The van der Waals surface area contributed by atoms with Gasteiger partial charge in [0.25, 0.3) is 0 Å². The summed E-state index contributed by atoms with van der Waals surface area (Å²) >= 11 is 5.89. The maximum Gasteiger partial charge on any atom is 0.335 e. The second-order valence-electron chi connectivity index (χ2n) is 9.71. The molecule has 0 heterocycles. The number of hydrogen-bond donors (Lipinski definition) is 3. The molecule has 7 heteroatoms. The summed E-state index contributed by atoms with van der Waals surface area (Å²) < 4.78 is 20.3. The minimum absolute atomic E-state index is 0.0963. The molecule has 3 rings (SSSR count). The predicted molar refractivity (Wildman–Crippen MR) is 141 cm³/mol. The van der Waals surface area contributed by atoms with Crippen molar-refractivity contribution in [2.45, 2.75) is 51.9 Å². The SMILES string of the molecule is Cc1cc(-c2ccccc2C(C)OC[C@@H](O)CNC(C)(C)Cc2cccc(Cl)c2F)ccc1C(=O)O. The van der Waals surface area contributed by atoms with Gasteiger partial charge in [0.15, 0.2) is 0 Å². The van der Waals surface area contributed by atoms with Crippen molar-refractivity contribution < 1.29 is 24.1 Å². The Morgan fingerprint density at radius 2 is 1.86 bits per heavy atom. The van der Waals surface area contributed by atoms with E-state index in [1.54, 1.807) is 31.2 Å². The number of aryl methyl sites for hydroxylation is 1. The van der Waals surface area contributed by atoms with Gasteiger partial charge in [-0.25, -0.2) is 9.18 Å². The second-order valence-corrected chi connectivity index (χ2v) is 10.1. The molecule has 3 N–H and O–H groups in total. The van der Waals surface area contributed by atoms with Gasteiger partial charge in [-0.3, -0.25) is 0 Å². The van der Waals surface area contributed by atoms with Crippen LogP contribution in [0.1, 0.15) is 53.9 Å². The summed E-state index contributed by atoms with van der Waals surface area (Å²) in [5.74, 6) is -1.37. The van der Waals surface area contributed by atoms with Gasteiger partial charge in [0.1, 0.15) is 5.82 Å². The standard InChI is InChI=1S/C29H33ClFNO4/c1-18-14-20(12-13-23(18)28(34)35)25-10-6-5-9-24(25)19(2)36-17-22(33)16-32-29(3,4)15-21-8-7-11-26(30)27(21)31/h5-14,19,22,32-33H,15-17H2,1-4H3,(H,34,35)/t19?,22-/m0/s1. The van der Waals surface area contributed by atoms with Gasteiger partial charge in [0.05, 0.1) is 29.4 Å². The van der Waals surface area contributed by atoms with Gasteiger partial charge in [0.2, 0.25) is 0 Å². The number of nitrogens with one attached hydrogen (secondary N) is 1. The van der Waals surface area contributed by atoms with E-state index in [9.17, 15) is 19.4 Å². The van der Waals surface area contributed by atoms with Gasteiger partial charge in [-0.05, 0) is 74.1 Å². The van der Waals surface area contributed by atoms with Crippen LogP contribution in [0.5, 0.6) is 0 Å². The van der Waals surface area contributed by atoms with Crippen LogP contribution in [0.25, 0.3) is 11.1 Å². The number of aromatic carboxylic acids is 1. The van der Waals surface area contributed by atoms with E-state index in [0.29, 0.717) is 17.5 Å². The fraction of sp³-hybridized carbons (Fsp3) is 0.345. The third kappa shape index (κ3) is 7.14. The average Bonchev–Trinajstić information content (AvgIpc) is 2.83. The van der Waals surface area contributed by atoms with Gasteiger partial charge in [-0.15, -0.1) is 0 Å². The van der Waals surface area contributed by atoms with Gasteiger partial charge in [0, 0.05) is 12.1 Å². The zero-order chi connectivity index (χ0) is 26.5. The lowest BCUT2D eigenvalue weighted by Gasteiger charge is -2.28. The number of aliphatic hydroxyl groups is 1. The molecule has 0 saturated heterocycles. The average molecular weight is 514 g/mol. The number of aliphatic hydroxyl groups excluding tert-OH is 1. The van der Waals surface area contributed by atoms with E-state index in [1.165, 1.54) is 6.07 Å². The number of carboxylic acids is 1. The van der Waals surface area contributed by atoms with Crippen LogP contribution in [0, 0.1) is 12.7 Å². The predicted octanol–water partition coefficient (Wildman–Crippen LogP) is 6.20. The zero-order valence-electron chi connectivity index (χ0n) is 21.0. The third-order valence-corrected chi connectivity index (χ3v) is 6.48. The van der Waals surface area contributed by atoms with Crippen molar-refractivity contribution in [1.29, 1.82) is 0 Å². The van der Waals surface area contributed by atoms with Crippen LogP contribution in [0.15, 0.2) is 60.7 Å². The summed E-state index contributed by atoms with van der Waals surface area (Å²) in [5.41, 5.74) is 3.80. The molecule has 192 valence electrons. The van der Waals surface area contributed by atoms with Crippen LogP contribution in [0.3, 0.4) is 0 Å². The van der Waals surface area contributed by atoms with Crippen LogP contribution in [-0.2, 0) is 11.2 Å². The van der Waals surface area contributed by atoms with Crippen LogP contribution < -0.4 is 5.32 Å². The Morgan fingerprint density at radius 1 is 1.14 bits per heavy atom. The fourth-order valence-corrected chi connectivity index (χ4v) is 4.40. The smallest absolute Gasteiger partial charge is 0.335 e. The summed E-state index contributed by atoms with van der Waals surface area (Å²) in [5, 5.41) is 23.2. The van der Waals surface area contributed by atoms with E-state index in [-0.39, 0.29) is 29.8 Å². The largest absolute Gasteiger partial charge is 0.478 e. The lowest BCUT2D eigenvalue weighted by Crippen LogP contribution is -2.46. The highest BCUT2D eigenvalue weighted by molar-refractivity contribution is 6.30. The molecule has 0 aliphatic heterocycles. The molecule has 2 atom stereocenters. The van der Waals surface area contributed by atoms with Gasteiger partial charge in [-0.2, -0.15) is 0 Å². The molecule has 0 radical (unpaired) electrons. The van der Waals surface area contributed by atoms with Crippen molar-refractivity contribution in [3.8, 4) is 11.1 Å². The maximum atomic E-state index is 14.3. The lowest BCUT2D eigenvalue weighted by atomic mass is 9.94. The fourth-order valence-electron chi connectivity index (χ4n) is 4.21. The van der Waals surface area contributed by atoms with E-state index in [2.05, 4.69) is 5.32 Å². The van der Waals surface area contributed by atoms with E-state index < -0.39 is 23.4 Å². The lowest BCUT2D eigenvalue weighted by molar-refractivity contribution is -0.00398. The highest BCUT2D eigenvalue weighted by atomic mass is 35.5. The first-order chi connectivity index (χ1) is 17.0. The zero-order valence-corrected chi connectivity index (χ0v) is 21.8. The number of ether oxygens (including phenoxy) is 1. The van der Waals surface area contributed by atoms with Gasteiger partial charge in [-0.1, -0.05) is 60.1 Å². The first kappa shape index (κ1) is 27.8. The van der Waals surface area contributed by atoms with Crippen LogP contribution >= 0.6 is 11.6 Å². The molecule has 0 aliphatic carbocycles. The van der Waals surface area contributed by atoms with Crippen molar-refractivity contribution in [2.75, 3.05) is 13.2 Å². The summed E-state index contributed by atoms with van der Waals surface area (Å²) in [7, 11) is 0. The molecule has 0 saturated carbocycles. The molecule has 0 fully saturated rings. The number of carboxylic acid groups (broad SMARTS) is 1. The molecule has 0 spiro atoms. The first-order valence-corrected chi connectivity index (χ1v) is 12.3. The Hall–Kier alpha value is -2.77. The number of β-amino-alcohol motifs (C(OH)–C–C–N with tert-alkyl or cyclic N) is 1. The molecule has 1 unspecified atom stereocenters. The topological polar surface area (TPSA) is 78.8 Å². The van der Waals surface area contributed by atoms with Crippen molar-refractivity contribution in [2.24, 2.45) is 0 Å². The summed E-state index contributed by atoms with van der Waals surface area (Å²) in [6, 6.07) is 18.0. The molecule has 36 heavy (non-hydrogen) atoms. The highest BCUT2D eigenvalue weighted by Crippen LogP contribution is 2.31. The number of rotatable bonds is 11. The Bertz CT molecular complexity index is 1210. The number of halogens is 2. The van der Waals surface area contributed by atoms with Crippen molar-refractivity contribution in [1.82, 2.24) is 5.32 Å². The van der Waals surface area contributed by atoms with E-state index in [4.69, 9.17) is 16.3 Å². The Labute approximate surface area is 216 Å². The van der Waals surface area contributed by atoms with Gasteiger partial charge >= 0.3 is 5.97 Å². The second kappa shape index (κ2) is 12.0. The normalized spacial score (nSPS) is 13.4. The third-order valence-electron chi connectivity index (χ3n) is 6.19. The minimum atomic E-state index is -0.951. The molecule has 0 bridgehead atoms. The van der Waals surface area contributed by atoms with Crippen LogP contribution in [0.2, 0.25) is 5.02 Å². The number of hydrogen-bond acceptors (Lipinski definition) is 4. The number of carbonyl (C=O) groups is 1. The Balaban J connectivity index is 1.60. The van der Waals surface area contributed by atoms with Crippen molar-refractivity contribution in [3.05, 3.63) is 93.8 Å². The van der Waals surface area contributed by atoms with E-state index in [0.717, 1.165) is 16.7 Å². The molecular formula is C29H33ClFNO4. The summed E-state index contributed by atoms with van der Waals surface area (Å²) in [6.07, 6.45) is -0.652. The molecular weight excluding hydrogens is 481 g/mol. The minimum Gasteiger partial charge on any atom is -0.478 e.